The average molecular weight is 555 g/mol. The number of hydrogen-bond acceptors (Lipinski definition) is 3. The van der Waals surface area contributed by atoms with Crippen LogP contribution >= 0.6 is 0 Å². The molecular formula is C23H12N2O2SeTe. The Hall–Kier alpha value is -2.48. The predicted molar refractivity (Wildman–Crippen MR) is 116 cm³/mol. The molecule has 0 atom stereocenters. The van der Waals surface area contributed by atoms with Crippen LogP contribution in [0, 0.1) is 0 Å². The van der Waals surface area contributed by atoms with Crippen molar-refractivity contribution in [3.63, 3.8) is 0 Å². The molecule has 0 amide bonds. The molecule has 0 spiro atoms. The van der Waals surface area contributed by atoms with Crippen molar-refractivity contribution >= 4 is 73.1 Å². The number of carbonyl (C=O) groups is 2. The van der Waals surface area contributed by atoms with Crippen molar-refractivity contribution in [2.75, 3.05) is 0 Å². The van der Waals surface area contributed by atoms with Crippen molar-refractivity contribution in [2.24, 2.45) is 0 Å². The molecule has 0 bridgehead atoms. The fourth-order valence-electron chi connectivity index (χ4n) is 3.78. The van der Waals surface area contributed by atoms with Crippen molar-refractivity contribution in [1.82, 2.24) is 9.55 Å². The van der Waals surface area contributed by atoms with Gasteiger partial charge < -0.3 is 0 Å². The van der Waals surface area contributed by atoms with Crippen molar-refractivity contribution in [1.29, 1.82) is 0 Å². The number of pyridine rings is 1. The minimum absolute atomic E-state index is 0.130. The van der Waals surface area contributed by atoms with E-state index in [1.165, 1.54) is 7.96 Å². The summed E-state index contributed by atoms with van der Waals surface area (Å²) in [6.07, 6.45) is 7.55. The maximum atomic E-state index is 12.9. The number of rotatable bonds is 2. The van der Waals surface area contributed by atoms with Gasteiger partial charge >= 0.3 is 182 Å². The molecule has 4 nitrogen and oxygen atoms in total. The summed E-state index contributed by atoms with van der Waals surface area (Å²) in [6.45, 7) is 0. The summed E-state index contributed by atoms with van der Waals surface area (Å²) in [6, 6.07) is 14.1. The van der Waals surface area contributed by atoms with Gasteiger partial charge in [-0.15, -0.1) is 0 Å². The number of aromatic nitrogens is 2. The van der Waals surface area contributed by atoms with E-state index in [1.807, 2.05) is 42.6 Å². The maximum absolute atomic E-state index is 12.9. The molecule has 1 aliphatic rings. The second kappa shape index (κ2) is 6.52. The topological polar surface area (TPSA) is 52.0 Å². The SMILES string of the molecule is O=C1/C(=C/c2ccc(-n3ccc4cnccc43)[te]2)C(=O)c2cc3[se]ccc3cc21. The zero-order valence-corrected chi connectivity index (χ0v) is 19.0. The molecule has 0 saturated heterocycles. The summed E-state index contributed by atoms with van der Waals surface area (Å²) in [5, 5.41) is 2.19. The molecule has 6 rings (SSSR count). The quantitative estimate of drug-likeness (QED) is 0.190. The second-order valence-electron chi connectivity index (χ2n) is 6.87. The summed E-state index contributed by atoms with van der Waals surface area (Å²) in [7, 11) is 0. The summed E-state index contributed by atoms with van der Waals surface area (Å²) < 4.78 is 5.71. The van der Waals surface area contributed by atoms with Crippen LogP contribution in [0.4, 0.5) is 0 Å². The Balaban J connectivity index is 1.41. The number of carbonyl (C=O) groups excluding carboxylic acids is 2. The third-order valence-corrected chi connectivity index (χ3v) is 9.99. The van der Waals surface area contributed by atoms with Crippen LogP contribution < -0.4 is 0 Å². The molecule has 1 aromatic carbocycles. The van der Waals surface area contributed by atoms with Gasteiger partial charge in [0.1, 0.15) is 0 Å². The van der Waals surface area contributed by atoms with Gasteiger partial charge in [0, 0.05) is 0 Å². The molecule has 0 radical (unpaired) electrons. The van der Waals surface area contributed by atoms with E-state index in [1.54, 1.807) is 6.20 Å². The van der Waals surface area contributed by atoms with E-state index >= 15 is 0 Å². The number of hydrogen-bond donors (Lipinski definition) is 0. The van der Waals surface area contributed by atoms with Gasteiger partial charge in [-0.2, -0.15) is 0 Å². The second-order valence-corrected chi connectivity index (χ2v) is 12.0. The molecule has 0 aliphatic heterocycles. The molecule has 4 heterocycles. The van der Waals surface area contributed by atoms with Gasteiger partial charge in [-0.25, -0.2) is 0 Å². The van der Waals surface area contributed by atoms with Crippen LogP contribution in [0.1, 0.15) is 24.3 Å². The Kier molecular flexibility index (Phi) is 3.91. The predicted octanol–water partition coefficient (Wildman–Crippen LogP) is 3.76. The van der Waals surface area contributed by atoms with E-state index in [4.69, 9.17) is 0 Å². The van der Waals surface area contributed by atoms with Crippen LogP contribution in [-0.4, -0.2) is 56.1 Å². The van der Waals surface area contributed by atoms with Crippen LogP contribution in [0.3, 0.4) is 0 Å². The van der Waals surface area contributed by atoms with Gasteiger partial charge in [-0.3, -0.25) is 0 Å². The molecule has 5 aromatic rings. The Labute approximate surface area is 181 Å². The van der Waals surface area contributed by atoms with Crippen LogP contribution in [0.5, 0.6) is 0 Å². The molecule has 138 valence electrons. The van der Waals surface area contributed by atoms with Crippen LogP contribution in [0.25, 0.3) is 30.3 Å². The third-order valence-electron chi connectivity index (χ3n) is 5.20. The van der Waals surface area contributed by atoms with Crippen molar-refractivity contribution in [3.8, 4) is 3.70 Å². The first-order valence-corrected chi connectivity index (χ1v) is 13.2. The molecule has 0 unspecified atom stereocenters. The van der Waals surface area contributed by atoms with E-state index < -0.39 is 20.4 Å². The van der Waals surface area contributed by atoms with E-state index in [-0.39, 0.29) is 26.1 Å². The molecule has 0 saturated carbocycles. The normalized spacial score (nSPS) is 15.1. The van der Waals surface area contributed by atoms with Gasteiger partial charge in [0.05, 0.1) is 0 Å². The van der Waals surface area contributed by atoms with Crippen molar-refractivity contribution in [2.45, 2.75) is 0 Å². The average Bonchev–Trinajstić information content (AvgIpc) is 3.50. The van der Waals surface area contributed by atoms with Gasteiger partial charge in [0.15, 0.2) is 0 Å². The number of nitrogens with zero attached hydrogens (tertiary/aromatic N) is 2. The van der Waals surface area contributed by atoms with Crippen LogP contribution in [0.15, 0.2) is 71.6 Å². The van der Waals surface area contributed by atoms with Crippen molar-refractivity contribution < 1.29 is 9.59 Å². The van der Waals surface area contributed by atoms with E-state index in [0.29, 0.717) is 16.7 Å². The first kappa shape index (κ1) is 17.4. The summed E-state index contributed by atoms with van der Waals surface area (Å²) in [5.74, 6) is -0.269. The molecule has 0 N–H and O–H groups in total. The van der Waals surface area contributed by atoms with Gasteiger partial charge in [0.25, 0.3) is 0 Å². The van der Waals surface area contributed by atoms with Gasteiger partial charge in [-0.05, 0) is 0 Å². The molecule has 4 aromatic heterocycles. The monoisotopic (exact) mass is 558 g/mol. The molecule has 29 heavy (non-hydrogen) atoms. The zero-order chi connectivity index (χ0) is 19.5. The summed E-state index contributed by atoms with van der Waals surface area (Å²) in [5.41, 5.74) is 2.57. The zero-order valence-electron chi connectivity index (χ0n) is 15.0. The minimum atomic E-state index is -0.690. The number of benzene rings is 1. The van der Waals surface area contributed by atoms with E-state index in [9.17, 15) is 9.59 Å². The van der Waals surface area contributed by atoms with Crippen LogP contribution in [0.2, 0.25) is 0 Å². The fraction of sp³-hybridized carbons (Fsp3) is 0. The van der Waals surface area contributed by atoms with Gasteiger partial charge in [0.2, 0.25) is 0 Å². The number of Topliss-reactive ketones (excluding diaryl/α,β-unsaturated/α-hetero) is 2. The molecule has 1 aliphatic carbocycles. The molecular weight excluding hydrogens is 543 g/mol. The number of allylic oxidation sites excluding steroid dienone is 1. The molecule has 0 fully saturated rings. The first-order chi connectivity index (χ1) is 14.2. The summed E-state index contributed by atoms with van der Waals surface area (Å²) >= 11 is -0.432. The Morgan fingerprint density at radius 1 is 0.966 bits per heavy atom. The Morgan fingerprint density at radius 2 is 1.83 bits per heavy atom. The third kappa shape index (κ3) is 2.68. The van der Waals surface area contributed by atoms with E-state index in [2.05, 4.69) is 32.8 Å². The Morgan fingerprint density at radius 3 is 2.72 bits per heavy atom. The molecule has 6 heteroatoms. The Bertz CT molecular complexity index is 1450. The number of fused-ring (bicyclic) bond motifs is 3. The standard InChI is InChI=1S/C23H12N2O2SeTe/c26-22-16-9-13-5-8-28-20(13)11-17(16)23(27)18(22)10-15-1-2-21(29-15)25-7-4-14-12-24-6-3-19(14)25/h1-12H/b18-10-. The van der Waals surface area contributed by atoms with Gasteiger partial charge in [-0.1, -0.05) is 0 Å². The van der Waals surface area contributed by atoms with E-state index in [0.717, 1.165) is 19.9 Å². The number of ketones is 2. The van der Waals surface area contributed by atoms with Crippen LogP contribution in [-0.2, 0) is 0 Å². The summed E-state index contributed by atoms with van der Waals surface area (Å²) in [4.78, 5) is 32.2. The van der Waals surface area contributed by atoms with Crippen molar-refractivity contribution in [3.05, 3.63) is 86.3 Å². The first-order valence-electron chi connectivity index (χ1n) is 9.03. The fourth-order valence-corrected chi connectivity index (χ4v) is 8.18.